The van der Waals surface area contributed by atoms with E-state index in [2.05, 4.69) is 5.32 Å². The van der Waals surface area contributed by atoms with Gasteiger partial charge in [0.1, 0.15) is 0 Å². The molecule has 1 atom stereocenters. The van der Waals surface area contributed by atoms with Crippen molar-refractivity contribution in [1.29, 1.82) is 0 Å². The second-order valence-corrected chi connectivity index (χ2v) is 9.82. The monoisotopic (exact) mass is 428 g/mol. The van der Waals surface area contributed by atoms with Gasteiger partial charge in [-0.3, -0.25) is 9.59 Å². The number of hydrogen-bond acceptors (Lipinski definition) is 4. The van der Waals surface area contributed by atoms with Crippen LogP contribution in [0.25, 0.3) is 0 Å². The van der Waals surface area contributed by atoms with Crippen molar-refractivity contribution in [2.24, 2.45) is 5.92 Å². The van der Waals surface area contributed by atoms with Gasteiger partial charge in [-0.25, -0.2) is 12.7 Å². The number of carbonyl (C=O) groups excluding carboxylic acids is 2. The molecular formula is C23H28N2O4S. The van der Waals surface area contributed by atoms with E-state index >= 15 is 0 Å². The number of nitrogens with zero attached hydrogens (tertiary/aromatic N) is 1. The van der Waals surface area contributed by atoms with Crippen molar-refractivity contribution in [3.63, 3.8) is 0 Å². The van der Waals surface area contributed by atoms with Gasteiger partial charge in [0.15, 0.2) is 5.78 Å². The molecule has 0 radical (unpaired) electrons. The minimum absolute atomic E-state index is 0.0727. The number of Topliss-reactive ketones (excluding diaryl/α,β-unsaturated/α-hetero) is 1. The van der Waals surface area contributed by atoms with Crippen molar-refractivity contribution in [3.8, 4) is 0 Å². The summed E-state index contributed by atoms with van der Waals surface area (Å²) in [6, 6.07) is 16.6. The van der Waals surface area contributed by atoms with E-state index in [0.29, 0.717) is 43.5 Å². The van der Waals surface area contributed by atoms with Crippen LogP contribution in [0.15, 0.2) is 54.6 Å². The Bertz CT molecular complexity index is 989. The van der Waals surface area contributed by atoms with E-state index in [1.165, 1.54) is 11.2 Å². The molecule has 0 aromatic heterocycles. The lowest BCUT2D eigenvalue weighted by Crippen LogP contribution is -2.44. The second kappa shape index (κ2) is 10.00. The lowest BCUT2D eigenvalue weighted by atomic mass is 9.98. The van der Waals surface area contributed by atoms with Crippen LogP contribution in [0.1, 0.15) is 42.1 Å². The lowest BCUT2D eigenvalue weighted by Gasteiger charge is -2.31. The standard InChI is InChI=1S/C23H28N2O4S/c1-18(26)20-11-5-13-22(16-20)24-23(27)21-12-6-14-25(17-21)30(28,29)15-7-10-19-8-3-2-4-9-19/h2-5,8-9,11,13,16,21H,6-7,10,12,14-15,17H2,1H3,(H,24,27)/t21-/m0/s1. The number of benzene rings is 2. The van der Waals surface area contributed by atoms with Gasteiger partial charge in [-0.05, 0) is 50.3 Å². The summed E-state index contributed by atoms with van der Waals surface area (Å²) in [5.74, 6) is -0.600. The number of nitrogens with one attached hydrogen (secondary N) is 1. The molecule has 160 valence electrons. The van der Waals surface area contributed by atoms with Crippen molar-refractivity contribution in [2.45, 2.75) is 32.6 Å². The molecule has 3 rings (SSSR count). The molecule has 0 saturated carbocycles. The van der Waals surface area contributed by atoms with E-state index in [9.17, 15) is 18.0 Å². The molecule has 1 heterocycles. The van der Waals surface area contributed by atoms with Crippen LogP contribution >= 0.6 is 0 Å². The highest BCUT2D eigenvalue weighted by Gasteiger charge is 2.32. The van der Waals surface area contributed by atoms with Crippen molar-refractivity contribution < 1.29 is 18.0 Å². The van der Waals surface area contributed by atoms with Gasteiger partial charge in [0.2, 0.25) is 15.9 Å². The first kappa shape index (κ1) is 22.2. The number of carbonyl (C=O) groups is 2. The summed E-state index contributed by atoms with van der Waals surface area (Å²) in [5.41, 5.74) is 2.20. The molecule has 2 aromatic rings. The van der Waals surface area contributed by atoms with E-state index < -0.39 is 15.9 Å². The molecule has 7 heteroatoms. The molecule has 6 nitrogen and oxygen atoms in total. The van der Waals surface area contributed by atoms with Crippen LogP contribution < -0.4 is 5.32 Å². The topological polar surface area (TPSA) is 83.6 Å². The third kappa shape index (κ3) is 6.00. The molecule has 1 saturated heterocycles. The fourth-order valence-corrected chi connectivity index (χ4v) is 5.28. The van der Waals surface area contributed by atoms with Crippen molar-refractivity contribution in [1.82, 2.24) is 4.31 Å². The smallest absolute Gasteiger partial charge is 0.228 e. The van der Waals surface area contributed by atoms with E-state index in [-0.39, 0.29) is 24.0 Å². The fraction of sp³-hybridized carbons (Fsp3) is 0.391. The van der Waals surface area contributed by atoms with Crippen molar-refractivity contribution in [2.75, 3.05) is 24.2 Å². The minimum atomic E-state index is -3.40. The van der Waals surface area contributed by atoms with Gasteiger partial charge in [-0.1, -0.05) is 42.5 Å². The normalized spacial score (nSPS) is 17.4. The highest BCUT2D eigenvalue weighted by Crippen LogP contribution is 2.22. The zero-order valence-corrected chi connectivity index (χ0v) is 18.0. The molecule has 1 aliphatic rings. The van der Waals surface area contributed by atoms with Crippen LogP contribution in [-0.2, 0) is 21.2 Å². The molecule has 0 aliphatic carbocycles. The Morgan fingerprint density at radius 3 is 2.60 bits per heavy atom. The number of aryl methyl sites for hydroxylation is 1. The summed E-state index contributed by atoms with van der Waals surface area (Å²) in [6.45, 7) is 2.13. The summed E-state index contributed by atoms with van der Waals surface area (Å²) in [4.78, 5) is 24.2. The molecule has 30 heavy (non-hydrogen) atoms. The molecule has 1 amide bonds. The Morgan fingerprint density at radius 1 is 1.10 bits per heavy atom. The van der Waals surface area contributed by atoms with Gasteiger partial charge in [-0.15, -0.1) is 0 Å². The van der Waals surface area contributed by atoms with Crippen molar-refractivity contribution >= 4 is 27.4 Å². The molecule has 1 N–H and O–H groups in total. The summed E-state index contributed by atoms with van der Waals surface area (Å²) < 4.78 is 27.0. The third-order valence-electron chi connectivity index (χ3n) is 5.40. The number of hydrogen-bond donors (Lipinski definition) is 1. The van der Waals surface area contributed by atoms with Crippen LogP contribution in [0.2, 0.25) is 0 Å². The largest absolute Gasteiger partial charge is 0.326 e. The second-order valence-electron chi connectivity index (χ2n) is 7.73. The van der Waals surface area contributed by atoms with E-state index in [4.69, 9.17) is 0 Å². The summed E-state index contributed by atoms with van der Waals surface area (Å²) in [7, 11) is -3.40. The average molecular weight is 429 g/mol. The molecule has 2 aromatic carbocycles. The van der Waals surface area contributed by atoms with Crippen LogP contribution in [0.5, 0.6) is 0 Å². The molecular weight excluding hydrogens is 400 g/mol. The molecule has 1 fully saturated rings. The Labute approximate surface area is 178 Å². The quantitative estimate of drug-likeness (QED) is 0.652. The minimum Gasteiger partial charge on any atom is -0.326 e. The number of ketones is 1. The van der Waals surface area contributed by atoms with E-state index in [1.54, 1.807) is 24.3 Å². The Hall–Kier alpha value is -2.51. The summed E-state index contributed by atoms with van der Waals surface area (Å²) in [6.07, 6.45) is 2.57. The van der Waals surface area contributed by atoms with Crippen molar-refractivity contribution in [3.05, 3.63) is 65.7 Å². The predicted octanol–water partition coefficient (Wildman–Crippen LogP) is 3.50. The number of rotatable bonds is 8. The van der Waals surface area contributed by atoms with Gasteiger partial charge in [0, 0.05) is 24.3 Å². The zero-order valence-electron chi connectivity index (χ0n) is 17.2. The first-order valence-electron chi connectivity index (χ1n) is 10.3. The van der Waals surface area contributed by atoms with Crippen LogP contribution in [0.4, 0.5) is 5.69 Å². The summed E-state index contributed by atoms with van der Waals surface area (Å²) in [5, 5.41) is 2.83. The Kier molecular flexibility index (Phi) is 7.39. The van der Waals surface area contributed by atoms with Gasteiger partial charge >= 0.3 is 0 Å². The van der Waals surface area contributed by atoms with Gasteiger partial charge < -0.3 is 5.32 Å². The zero-order chi connectivity index (χ0) is 21.6. The lowest BCUT2D eigenvalue weighted by molar-refractivity contribution is -0.120. The predicted molar refractivity (Wildman–Crippen MR) is 118 cm³/mol. The number of anilines is 1. The highest BCUT2D eigenvalue weighted by molar-refractivity contribution is 7.89. The first-order chi connectivity index (χ1) is 14.3. The average Bonchev–Trinajstić information content (AvgIpc) is 2.74. The Balaban J connectivity index is 1.56. The number of amides is 1. The summed E-state index contributed by atoms with van der Waals surface area (Å²) >= 11 is 0. The van der Waals surface area contributed by atoms with Gasteiger partial charge in [0.25, 0.3) is 0 Å². The maximum atomic E-state index is 12.8. The van der Waals surface area contributed by atoms with E-state index in [0.717, 1.165) is 5.56 Å². The SMILES string of the molecule is CC(=O)c1cccc(NC(=O)[C@H]2CCCN(S(=O)(=O)CCCc3ccccc3)C2)c1. The molecule has 1 aliphatic heterocycles. The third-order valence-corrected chi connectivity index (χ3v) is 7.32. The number of piperidine rings is 1. The van der Waals surface area contributed by atoms with Crippen LogP contribution in [0.3, 0.4) is 0 Å². The first-order valence-corrected chi connectivity index (χ1v) is 11.9. The maximum Gasteiger partial charge on any atom is 0.228 e. The van der Waals surface area contributed by atoms with Gasteiger partial charge in [-0.2, -0.15) is 0 Å². The molecule has 0 spiro atoms. The number of sulfonamides is 1. The Morgan fingerprint density at radius 2 is 1.87 bits per heavy atom. The fourth-order valence-electron chi connectivity index (χ4n) is 3.70. The van der Waals surface area contributed by atoms with E-state index in [1.807, 2.05) is 30.3 Å². The van der Waals surface area contributed by atoms with Gasteiger partial charge in [0.05, 0.1) is 11.7 Å². The highest BCUT2D eigenvalue weighted by atomic mass is 32.2. The van der Waals surface area contributed by atoms with Crippen LogP contribution in [-0.4, -0.2) is 43.3 Å². The maximum absolute atomic E-state index is 12.8. The van der Waals surface area contributed by atoms with Crippen LogP contribution in [0, 0.1) is 5.92 Å². The molecule has 0 unspecified atom stereocenters. The molecule has 0 bridgehead atoms.